The van der Waals surface area contributed by atoms with E-state index in [-0.39, 0.29) is 5.82 Å². The number of benzene rings is 1. The van der Waals surface area contributed by atoms with E-state index in [1.807, 2.05) is 19.9 Å². The molecule has 0 aliphatic rings. The Balaban J connectivity index is 2.80. The van der Waals surface area contributed by atoms with Gasteiger partial charge in [0.15, 0.2) is 0 Å². The molecule has 1 heteroatoms. The number of hydrogen-bond acceptors (Lipinski definition) is 0. The average molecular weight is 206 g/mol. The van der Waals surface area contributed by atoms with Crippen molar-refractivity contribution in [3.63, 3.8) is 0 Å². The van der Waals surface area contributed by atoms with Crippen molar-refractivity contribution in [1.82, 2.24) is 0 Å². The number of hydrogen-bond donors (Lipinski definition) is 0. The van der Waals surface area contributed by atoms with Crippen LogP contribution in [-0.4, -0.2) is 0 Å². The molecular weight excluding hydrogens is 187 g/mol. The van der Waals surface area contributed by atoms with Gasteiger partial charge in [0.1, 0.15) is 5.82 Å². The third kappa shape index (κ3) is 3.19. The fourth-order valence-corrected chi connectivity index (χ4v) is 1.71. The van der Waals surface area contributed by atoms with Crippen LogP contribution in [0.15, 0.2) is 29.8 Å². The summed E-state index contributed by atoms with van der Waals surface area (Å²) in [6.07, 6.45) is 4.85. The van der Waals surface area contributed by atoms with Gasteiger partial charge < -0.3 is 0 Å². The van der Waals surface area contributed by atoms with Crippen molar-refractivity contribution in [3.05, 3.63) is 46.8 Å². The van der Waals surface area contributed by atoms with Crippen LogP contribution in [0.25, 0.3) is 0 Å². The summed E-state index contributed by atoms with van der Waals surface area (Å²) in [4.78, 5) is 0. The van der Waals surface area contributed by atoms with Crippen LogP contribution in [0.1, 0.15) is 38.3 Å². The van der Waals surface area contributed by atoms with Crippen LogP contribution in [0.4, 0.5) is 4.39 Å². The summed E-state index contributed by atoms with van der Waals surface area (Å²) < 4.78 is 13.4. The topological polar surface area (TPSA) is 0 Å². The molecule has 0 saturated carbocycles. The van der Waals surface area contributed by atoms with Gasteiger partial charge in [0.05, 0.1) is 0 Å². The van der Waals surface area contributed by atoms with Gasteiger partial charge in [0, 0.05) is 0 Å². The van der Waals surface area contributed by atoms with Gasteiger partial charge in [0.2, 0.25) is 0 Å². The molecule has 15 heavy (non-hydrogen) atoms. The molecule has 0 aliphatic carbocycles. The van der Waals surface area contributed by atoms with E-state index in [2.05, 4.69) is 13.0 Å². The van der Waals surface area contributed by atoms with E-state index in [1.165, 1.54) is 5.57 Å². The molecule has 0 atom stereocenters. The third-order valence-electron chi connectivity index (χ3n) is 2.85. The Morgan fingerprint density at radius 1 is 1.40 bits per heavy atom. The van der Waals surface area contributed by atoms with Crippen molar-refractivity contribution in [3.8, 4) is 0 Å². The van der Waals surface area contributed by atoms with Crippen molar-refractivity contribution in [2.24, 2.45) is 0 Å². The van der Waals surface area contributed by atoms with E-state index >= 15 is 0 Å². The van der Waals surface area contributed by atoms with Gasteiger partial charge in [-0.3, -0.25) is 0 Å². The second kappa shape index (κ2) is 5.69. The van der Waals surface area contributed by atoms with Crippen LogP contribution in [0.5, 0.6) is 0 Å². The first kappa shape index (κ1) is 12.0. The van der Waals surface area contributed by atoms with Crippen LogP contribution in [0, 0.1) is 5.82 Å². The summed E-state index contributed by atoms with van der Waals surface area (Å²) in [7, 11) is 0. The van der Waals surface area contributed by atoms with Crippen LogP contribution < -0.4 is 0 Å². The number of rotatable bonds is 4. The van der Waals surface area contributed by atoms with Crippen LogP contribution in [0.3, 0.4) is 0 Å². The molecule has 0 unspecified atom stereocenters. The van der Waals surface area contributed by atoms with Gasteiger partial charge >= 0.3 is 0 Å². The van der Waals surface area contributed by atoms with Gasteiger partial charge in [0.25, 0.3) is 0 Å². The quantitative estimate of drug-likeness (QED) is 0.645. The van der Waals surface area contributed by atoms with E-state index in [9.17, 15) is 4.39 Å². The maximum Gasteiger partial charge on any atom is 0.126 e. The average Bonchev–Trinajstić information content (AvgIpc) is 2.25. The molecule has 1 aromatic rings. The Morgan fingerprint density at radius 2 is 2.13 bits per heavy atom. The Hall–Kier alpha value is -1.11. The van der Waals surface area contributed by atoms with E-state index in [1.54, 1.807) is 12.1 Å². The van der Waals surface area contributed by atoms with Crippen molar-refractivity contribution in [2.75, 3.05) is 0 Å². The standard InChI is InChI=1S/C14H19F/c1-4-11(3)9-10-12-7-6-8-14(15)13(12)5-2/h4,6-8H,5,9-10H2,1-3H3/b11-4-. The first-order valence-corrected chi connectivity index (χ1v) is 5.57. The maximum atomic E-state index is 13.4. The van der Waals surface area contributed by atoms with Crippen LogP contribution in [0.2, 0.25) is 0 Å². The molecule has 0 spiro atoms. The lowest BCUT2D eigenvalue weighted by Gasteiger charge is -2.08. The molecule has 0 aromatic heterocycles. The minimum absolute atomic E-state index is 0.0619. The Morgan fingerprint density at radius 3 is 2.73 bits per heavy atom. The monoisotopic (exact) mass is 206 g/mol. The molecule has 1 rings (SSSR count). The molecule has 0 heterocycles. The van der Waals surface area contributed by atoms with E-state index in [0.29, 0.717) is 0 Å². The molecule has 0 N–H and O–H groups in total. The molecule has 0 bridgehead atoms. The van der Waals surface area contributed by atoms with E-state index in [4.69, 9.17) is 0 Å². The highest BCUT2D eigenvalue weighted by atomic mass is 19.1. The molecular formula is C14H19F. The highest BCUT2D eigenvalue weighted by molar-refractivity contribution is 5.29. The molecule has 0 saturated heterocycles. The van der Waals surface area contributed by atoms with Crippen molar-refractivity contribution in [1.29, 1.82) is 0 Å². The lowest BCUT2D eigenvalue weighted by Crippen LogP contribution is -1.97. The molecule has 0 radical (unpaired) electrons. The predicted molar refractivity (Wildman–Crippen MR) is 63.5 cm³/mol. The molecule has 0 aliphatic heterocycles. The van der Waals surface area contributed by atoms with Gasteiger partial charge in [-0.15, -0.1) is 0 Å². The molecule has 82 valence electrons. The lowest BCUT2D eigenvalue weighted by atomic mass is 9.98. The molecule has 1 aromatic carbocycles. The zero-order valence-electron chi connectivity index (χ0n) is 9.81. The third-order valence-corrected chi connectivity index (χ3v) is 2.85. The van der Waals surface area contributed by atoms with Gasteiger partial charge in [-0.2, -0.15) is 0 Å². The number of allylic oxidation sites excluding steroid dienone is 2. The van der Waals surface area contributed by atoms with Crippen molar-refractivity contribution < 1.29 is 4.39 Å². The Kier molecular flexibility index (Phi) is 4.54. The van der Waals surface area contributed by atoms with Gasteiger partial charge in [-0.05, 0) is 50.3 Å². The zero-order valence-corrected chi connectivity index (χ0v) is 9.81. The van der Waals surface area contributed by atoms with Crippen molar-refractivity contribution >= 4 is 0 Å². The highest BCUT2D eigenvalue weighted by Crippen LogP contribution is 2.17. The first-order valence-electron chi connectivity index (χ1n) is 5.57. The van der Waals surface area contributed by atoms with Crippen LogP contribution >= 0.6 is 0 Å². The number of halogens is 1. The normalized spacial score (nSPS) is 11.9. The van der Waals surface area contributed by atoms with E-state index in [0.717, 1.165) is 30.4 Å². The summed E-state index contributed by atoms with van der Waals surface area (Å²) >= 11 is 0. The second-order valence-electron chi connectivity index (χ2n) is 3.87. The SMILES string of the molecule is C/C=C(/C)CCc1cccc(F)c1CC. The maximum absolute atomic E-state index is 13.4. The first-order chi connectivity index (χ1) is 7.19. The molecule has 0 fully saturated rings. The summed E-state index contributed by atoms with van der Waals surface area (Å²) in [5, 5.41) is 0. The lowest BCUT2D eigenvalue weighted by molar-refractivity contribution is 0.608. The number of aryl methyl sites for hydroxylation is 1. The molecule has 0 amide bonds. The summed E-state index contributed by atoms with van der Waals surface area (Å²) in [6, 6.07) is 5.38. The van der Waals surface area contributed by atoms with Crippen molar-refractivity contribution in [2.45, 2.75) is 40.0 Å². The minimum atomic E-state index is -0.0619. The largest absolute Gasteiger partial charge is 0.207 e. The summed E-state index contributed by atoms with van der Waals surface area (Å²) in [5.74, 6) is -0.0619. The van der Waals surface area contributed by atoms with Gasteiger partial charge in [-0.25, -0.2) is 4.39 Å². The summed E-state index contributed by atoms with van der Waals surface area (Å²) in [6.45, 7) is 6.16. The highest BCUT2D eigenvalue weighted by Gasteiger charge is 2.05. The minimum Gasteiger partial charge on any atom is -0.207 e. The summed E-state index contributed by atoms with van der Waals surface area (Å²) in [5.41, 5.74) is 3.39. The fraction of sp³-hybridized carbons (Fsp3) is 0.429. The second-order valence-corrected chi connectivity index (χ2v) is 3.87. The predicted octanol–water partition coefficient (Wildman–Crippen LogP) is 4.29. The molecule has 0 nitrogen and oxygen atoms in total. The Labute approximate surface area is 91.8 Å². The smallest absolute Gasteiger partial charge is 0.126 e. The van der Waals surface area contributed by atoms with Crippen LogP contribution in [-0.2, 0) is 12.8 Å². The zero-order chi connectivity index (χ0) is 11.3. The van der Waals surface area contributed by atoms with Gasteiger partial charge in [-0.1, -0.05) is 30.7 Å². The fourth-order valence-electron chi connectivity index (χ4n) is 1.71. The Bertz CT molecular complexity index is 350. The van der Waals surface area contributed by atoms with E-state index < -0.39 is 0 Å².